The van der Waals surface area contributed by atoms with Gasteiger partial charge in [-0.15, -0.1) is 5.10 Å². The molecule has 1 atom stereocenters. The second-order valence-electron chi connectivity index (χ2n) is 8.77. The summed E-state index contributed by atoms with van der Waals surface area (Å²) >= 11 is 0. The molecule has 1 aliphatic heterocycles. The summed E-state index contributed by atoms with van der Waals surface area (Å²) < 4.78 is 88.0. The highest BCUT2D eigenvalue weighted by Gasteiger charge is 2.45. The van der Waals surface area contributed by atoms with Crippen LogP contribution in [0.15, 0.2) is 24.4 Å². The van der Waals surface area contributed by atoms with E-state index in [0.29, 0.717) is 32.9 Å². The molecule has 196 valence electrons. The van der Waals surface area contributed by atoms with E-state index in [4.69, 9.17) is 8.85 Å². The highest BCUT2D eigenvalue weighted by Crippen LogP contribution is 2.35. The maximum Gasteiger partial charge on any atom is 0.285 e. The monoisotopic (exact) mass is 522 g/mol. The van der Waals surface area contributed by atoms with Gasteiger partial charge in [-0.05, 0) is 37.1 Å². The molecule has 13 heteroatoms. The Bertz CT molecular complexity index is 1610. The first kappa shape index (κ1) is 21.2. The quantitative estimate of drug-likeness (QED) is 0.387. The number of carbonyl (C=O) groups excluding carboxylic acids is 1. The van der Waals surface area contributed by atoms with Crippen molar-refractivity contribution >= 4 is 28.4 Å². The van der Waals surface area contributed by atoms with Crippen LogP contribution in [-0.4, -0.2) is 73.8 Å². The van der Waals surface area contributed by atoms with Gasteiger partial charge in [0.25, 0.3) is 5.92 Å². The first-order chi connectivity index (χ1) is 18.8. The normalized spacial score (nSPS) is 19.0. The van der Waals surface area contributed by atoms with E-state index in [2.05, 4.69) is 20.4 Å². The van der Waals surface area contributed by atoms with E-state index in [1.54, 1.807) is 23.6 Å². The number of carbonyl (C=O) groups is 1. The number of aryl methyl sites for hydroxylation is 2. The maximum atomic E-state index is 15.0. The van der Waals surface area contributed by atoms with Crippen molar-refractivity contribution in [3.05, 3.63) is 36.0 Å². The molecule has 1 amide bonds. The van der Waals surface area contributed by atoms with E-state index >= 15 is 4.39 Å². The first-order valence-electron chi connectivity index (χ1n) is 12.9. The lowest BCUT2D eigenvalue weighted by Gasteiger charge is -2.38. The molecule has 1 N–H and O–H groups in total. The molecular formula is C24H25F4N7O2. The zero-order chi connectivity index (χ0) is 29.0. The number of alkyl halides is 3. The molecule has 0 spiro atoms. The number of fused-ring (bicyclic) bond motifs is 2. The van der Waals surface area contributed by atoms with Crippen molar-refractivity contribution in [1.82, 2.24) is 29.0 Å². The van der Waals surface area contributed by atoms with Crippen molar-refractivity contribution in [3.63, 3.8) is 0 Å². The van der Waals surface area contributed by atoms with Crippen molar-refractivity contribution in [2.24, 2.45) is 0 Å². The number of hydrogen-bond acceptors (Lipinski definition) is 6. The SMILES string of the molecule is [2H]C([2H])([2H])C(=O)N1CC[C@@H](Nc2nc(OC)c3c(-c4cc(F)c5nc(C)n(CCF)c5c4)ccn3n2)C(F)(F)C1. The number of aromatic nitrogens is 5. The van der Waals surface area contributed by atoms with E-state index in [0.717, 1.165) is 0 Å². The Morgan fingerprint density at radius 3 is 2.86 bits per heavy atom. The van der Waals surface area contributed by atoms with Crippen LogP contribution in [0, 0.1) is 12.7 Å². The Balaban J connectivity index is 1.47. The second-order valence-corrected chi connectivity index (χ2v) is 8.77. The zero-order valence-corrected chi connectivity index (χ0v) is 19.9. The summed E-state index contributed by atoms with van der Waals surface area (Å²) in [6.07, 6.45) is 1.28. The van der Waals surface area contributed by atoms with Crippen molar-refractivity contribution < 1.29 is 31.2 Å². The molecule has 4 heterocycles. The van der Waals surface area contributed by atoms with Crippen molar-refractivity contribution in [3.8, 4) is 17.0 Å². The van der Waals surface area contributed by atoms with Crippen LogP contribution in [0.1, 0.15) is 23.2 Å². The Morgan fingerprint density at radius 2 is 2.16 bits per heavy atom. The minimum absolute atomic E-state index is 0.0110. The lowest BCUT2D eigenvalue weighted by Crippen LogP contribution is -2.55. The average Bonchev–Trinajstić information content (AvgIpc) is 3.45. The molecule has 3 aromatic heterocycles. The molecule has 1 aliphatic rings. The number of hydrogen-bond donors (Lipinski definition) is 1. The van der Waals surface area contributed by atoms with Gasteiger partial charge in [0, 0.05) is 29.3 Å². The number of likely N-dealkylation sites (tertiary alicyclic amines) is 1. The number of amides is 1. The smallest absolute Gasteiger partial charge is 0.285 e. The molecule has 37 heavy (non-hydrogen) atoms. The number of nitrogens with one attached hydrogen (secondary N) is 1. The van der Waals surface area contributed by atoms with Crippen molar-refractivity contribution in [2.75, 3.05) is 32.2 Å². The average molecular weight is 523 g/mol. The molecule has 0 radical (unpaired) electrons. The molecule has 1 fully saturated rings. The van der Waals surface area contributed by atoms with Gasteiger partial charge in [-0.3, -0.25) is 4.79 Å². The standard InChI is InChI=1S/C24H25F4N7O2/c1-13-29-20-17(26)10-15(11-18(20)34(13)9-6-25)16-4-8-35-21(16)22(37-3)31-23(32-35)30-19-5-7-33(14(2)36)12-24(19,27)28/h4,8,10-11,19H,5-7,9,12H2,1-3H3,(H,30,32)/t19-/m1/s1/i2D3. The van der Waals surface area contributed by atoms with E-state index in [1.807, 2.05) is 0 Å². The van der Waals surface area contributed by atoms with Gasteiger partial charge < -0.3 is 19.5 Å². The van der Waals surface area contributed by atoms with Crippen LogP contribution < -0.4 is 10.1 Å². The molecule has 0 aliphatic carbocycles. The maximum absolute atomic E-state index is 15.0. The Morgan fingerprint density at radius 1 is 1.35 bits per heavy atom. The molecule has 0 bridgehead atoms. The van der Waals surface area contributed by atoms with Crippen LogP contribution in [0.5, 0.6) is 5.88 Å². The zero-order valence-electron chi connectivity index (χ0n) is 22.9. The molecule has 0 unspecified atom stereocenters. The van der Waals surface area contributed by atoms with Gasteiger partial charge in [-0.2, -0.15) is 4.98 Å². The van der Waals surface area contributed by atoms with Gasteiger partial charge >= 0.3 is 0 Å². The summed E-state index contributed by atoms with van der Waals surface area (Å²) in [6, 6.07) is 3.10. The summed E-state index contributed by atoms with van der Waals surface area (Å²) in [6.45, 7) is -3.25. The third-order valence-electron chi connectivity index (χ3n) is 6.48. The van der Waals surface area contributed by atoms with E-state index < -0.39 is 43.8 Å². The van der Waals surface area contributed by atoms with Crippen LogP contribution in [0.25, 0.3) is 27.7 Å². The fraction of sp³-hybridized carbons (Fsp3) is 0.417. The Labute approximate surface area is 213 Å². The minimum atomic E-state index is -3.47. The van der Waals surface area contributed by atoms with Crippen LogP contribution in [-0.2, 0) is 11.3 Å². The molecule has 1 saturated heterocycles. The van der Waals surface area contributed by atoms with Gasteiger partial charge in [0.1, 0.15) is 23.5 Å². The molecule has 1 aromatic carbocycles. The van der Waals surface area contributed by atoms with E-state index in [9.17, 15) is 18.0 Å². The number of imidazole rings is 1. The number of halogens is 4. The number of methoxy groups -OCH3 is 1. The van der Waals surface area contributed by atoms with Crippen LogP contribution in [0.4, 0.5) is 23.5 Å². The lowest BCUT2D eigenvalue weighted by molar-refractivity contribution is -0.140. The largest absolute Gasteiger partial charge is 0.479 e. The molecule has 4 aromatic rings. The predicted molar refractivity (Wildman–Crippen MR) is 128 cm³/mol. The summed E-state index contributed by atoms with van der Waals surface area (Å²) in [5, 5.41) is 6.85. The van der Waals surface area contributed by atoms with Crippen molar-refractivity contribution in [1.29, 1.82) is 0 Å². The molecule has 0 saturated carbocycles. The van der Waals surface area contributed by atoms with Gasteiger partial charge in [0.15, 0.2) is 5.82 Å². The molecule has 9 nitrogen and oxygen atoms in total. The van der Waals surface area contributed by atoms with Crippen LogP contribution >= 0.6 is 0 Å². The number of nitrogens with zero attached hydrogens (tertiary/aromatic N) is 6. The highest BCUT2D eigenvalue weighted by atomic mass is 19.3. The number of piperidine rings is 1. The first-order valence-corrected chi connectivity index (χ1v) is 11.4. The molecular weight excluding hydrogens is 494 g/mol. The van der Waals surface area contributed by atoms with E-state index in [-0.39, 0.29) is 36.9 Å². The Hall–Kier alpha value is -3.90. The summed E-state index contributed by atoms with van der Waals surface area (Å²) in [5.74, 6) is -5.11. The van der Waals surface area contributed by atoms with Gasteiger partial charge in [0.05, 0.1) is 31.8 Å². The summed E-state index contributed by atoms with van der Waals surface area (Å²) in [7, 11) is 1.33. The summed E-state index contributed by atoms with van der Waals surface area (Å²) in [5.41, 5.74) is 1.77. The lowest BCUT2D eigenvalue weighted by atomic mass is 10.0. The number of benzene rings is 1. The summed E-state index contributed by atoms with van der Waals surface area (Å²) in [4.78, 5) is 21.1. The Kier molecular flexibility index (Phi) is 5.27. The molecule has 5 rings (SSSR count). The number of anilines is 1. The van der Waals surface area contributed by atoms with Gasteiger partial charge in [-0.25, -0.2) is 27.1 Å². The van der Waals surface area contributed by atoms with Crippen LogP contribution in [0.3, 0.4) is 0 Å². The fourth-order valence-electron chi connectivity index (χ4n) is 4.69. The van der Waals surface area contributed by atoms with E-state index in [1.165, 1.54) is 23.9 Å². The minimum Gasteiger partial charge on any atom is -0.479 e. The fourth-order valence-corrected chi connectivity index (χ4v) is 4.69. The number of ether oxygens (including phenoxy) is 1. The highest BCUT2D eigenvalue weighted by molar-refractivity contribution is 5.90. The third kappa shape index (κ3) is 4.31. The van der Waals surface area contributed by atoms with Crippen LogP contribution in [0.2, 0.25) is 0 Å². The predicted octanol–water partition coefficient (Wildman–Crippen LogP) is 3.84. The third-order valence-corrected chi connectivity index (χ3v) is 6.48. The number of rotatable bonds is 6. The van der Waals surface area contributed by atoms with Crippen molar-refractivity contribution in [2.45, 2.75) is 38.7 Å². The topological polar surface area (TPSA) is 89.6 Å². The second kappa shape index (κ2) is 9.20. The van der Waals surface area contributed by atoms with Gasteiger partial charge in [0.2, 0.25) is 17.7 Å². The van der Waals surface area contributed by atoms with Gasteiger partial charge in [-0.1, -0.05) is 0 Å².